The second-order valence-electron chi connectivity index (χ2n) is 5.46. The predicted molar refractivity (Wildman–Crippen MR) is 77.8 cm³/mol. The Balaban J connectivity index is 1.70. The largest absolute Gasteiger partial charge is 0.480 e. The van der Waals surface area contributed by atoms with E-state index in [1.807, 2.05) is 18.2 Å². The zero-order valence-corrected chi connectivity index (χ0v) is 12.0. The topological polar surface area (TPSA) is 58.6 Å². The molecule has 1 fully saturated rings. The van der Waals surface area contributed by atoms with E-state index in [-0.39, 0.29) is 6.10 Å². The van der Waals surface area contributed by atoms with E-state index in [1.54, 1.807) is 7.05 Å². The van der Waals surface area contributed by atoms with Crippen LogP contribution in [0.4, 0.5) is 0 Å². The fourth-order valence-electron chi connectivity index (χ4n) is 2.84. The maximum atomic E-state index is 11.3. The number of carboxylic acids is 1. The minimum Gasteiger partial charge on any atom is -0.480 e. The van der Waals surface area contributed by atoms with Crippen LogP contribution in [-0.2, 0) is 16.0 Å². The molecule has 0 amide bonds. The molecular weight excluding hydrogens is 254 g/mol. The Bertz CT molecular complexity index is 435. The molecule has 0 aromatic heterocycles. The van der Waals surface area contributed by atoms with Crippen LogP contribution in [0.2, 0.25) is 0 Å². The molecule has 2 N–H and O–H groups in total. The van der Waals surface area contributed by atoms with Gasteiger partial charge in [-0.2, -0.15) is 0 Å². The van der Waals surface area contributed by atoms with E-state index in [1.165, 1.54) is 5.56 Å². The average molecular weight is 277 g/mol. The summed E-state index contributed by atoms with van der Waals surface area (Å²) in [7, 11) is 1.71. The van der Waals surface area contributed by atoms with Crippen molar-refractivity contribution >= 4 is 5.97 Å². The third-order valence-electron chi connectivity index (χ3n) is 4.16. The Morgan fingerprint density at radius 3 is 2.80 bits per heavy atom. The summed E-state index contributed by atoms with van der Waals surface area (Å²) >= 11 is 0. The molecule has 1 aliphatic carbocycles. The zero-order valence-electron chi connectivity index (χ0n) is 12.0. The van der Waals surface area contributed by atoms with E-state index in [0.29, 0.717) is 19.4 Å². The fraction of sp³-hybridized carbons (Fsp3) is 0.562. The molecule has 2 atom stereocenters. The molecule has 1 aliphatic rings. The highest BCUT2D eigenvalue weighted by Crippen LogP contribution is 2.32. The van der Waals surface area contributed by atoms with Crippen LogP contribution in [0.3, 0.4) is 0 Å². The summed E-state index contributed by atoms with van der Waals surface area (Å²) in [6.07, 6.45) is 4.06. The lowest BCUT2D eigenvalue weighted by molar-refractivity contribution is -0.144. The lowest BCUT2D eigenvalue weighted by atomic mass is 9.98. The number of aryl methyl sites for hydroxylation is 1. The standard InChI is InChI=1S/C16H23NO3/c1-17-16(15(18)19)10-9-14(12-16)20-11-5-8-13-6-3-2-4-7-13/h2-4,6-7,14,17H,5,8-12H2,1H3,(H,18,19). The number of carboxylic acid groups (broad SMARTS) is 1. The Morgan fingerprint density at radius 1 is 1.45 bits per heavy atom. The third-order valence-corrected chi connectivity index (χ3v) is 4.16. The Hall–Kier alpha value is -1.39. The van der Waals surface area contributed by atoms with Gasteiger partial charge < -0.3 is 15.2 Å². The summed E-state index contributed by atoms with van der Waals surface area (Å²) in [5.41, 5.74) is 0.530. The molecule has 4 heteroatoms. The van der Waals surface area contributed by atoms with Crippen LogP contribution in [-0.4, -0.2) is 36.4 Å². The molecule has 110 valence electrons. The quantitative estimate of drug-likeness (QED) is 0.750. The van der Waals surface area contributed by atoms with Crippen LogP contribution < -0.4 is 5.32 Å². The summed E-state index contributed by atoms with van der Waals surface area (Å²) in [5, 5.41) is 12.2. The highest BCUT2D eigenvalue weighted by Gasteiger charge is 2.44. The van der Waals surface area contributed by atoms with Gasteiger partial charge in [0.15, 0.2) is 0 Å². The Labute approximate surface area is 120 Å². The van der Waals surface area contributed by atoms with E-state index in [2.05, 4.69) is 17.4 Å². The molecular formula is C16H23NO3. The van der Waals surface area contributed by atoms with Crippen molar-refractivity contribution in [2.75, 3.05) is 13.7 Å². The second-order valence-corrected chi connectivity index (χ2v) is 5.46. The summed E-state index contributed by atoms with van der Waals surface area (Å²) in [6.45, 7) is 0.693. The summed E-state index contributed by atoms with van der Waals surface area (Å²) in [5.74, 6) is -0.768. The van der Waals surface area contributed by atoms with Gasteiger partial charge in [-0.3, -0.25) is 4.79 Å². The molecule has 0 radical (unpaired) electrons. The molecule has 1 aromatic carbocycles. The Morgan fingerprint density at radius 2 is 2.20 bits per heavy atom. The molecule has 0 aliphatic heterocycles. The van der Waals surface area contributed by atoms with Gasteiger partial charge in [-0.15, -0.1) is 0 Å². The molecule has 0 spiro atoms. The molecule has 1 saturated carbocycles. The van der Waals surface area contributed by atoms with Crippen LogP contribution in [0.1, 0.15) is 31.2 Å². The van der Waals surface area contributed by atoms with E-state index in [4.69, 9.17) is 4.74 Å². The van der Waals surface area contributed by atoms with Gasteiger partial charge in [0.1, 0.15) is 5.54 Å². The smallest absolute Gasteiger partial charge is 0.323 e. The number of likely N-dealkylation sites (N-methyl/N-ethyl adjacent to an activating group) is 1. The summed E-state index contributed by atoms with van der Waals surface area (Å²) in [6, 6.07) is 10.3. The predicted octanol–water partition coefficient (Wildman–Crippen LogP) is 2.23. The maximum absolute atomic E-state index is 11.3. The van der Waals surface area contributed by atoms with Crippen molar-refractivity contribution in [3.05, 3.63) is 35.9 Å². The number of aliphatic carboxylic acids is 1. The number of hydrogen-bond donors (Lipinski definition) is 2. The normalized spacial score (nSPS) is 25.8. The van der Waals surface area contributed by atoms with Gasteiger partial charge in [-0.25, -0.2) is 0 Å². The van der Waals surface area contributed by atoms with Gasteiger partial charge >= 0.3 is 5.97 Å². The number of hydrogen-bond acceptors (Lipinski definition) is 3. The Kier molecular flexibility index (Phi) is 5.15. The second kappa shape index (κ2) is 6.86. The summed E-state index contributed by atoms with van der Waals surface area (Å²) < 4.78 is 5.83. The summed E-state index contributed by atoms with van der Waals surface area (Å²) in [4.78, 5) is 11.3. The highest BCUT2D eigenvalue weighted by molar-refractivity contribution is 5.79. The van der Waals surface area contributed by atoms with Crippen molar-refractivity contribution in [3.63, 3.8) is 0 Å². The minimum absolute atomic E-state index is 0.0642. The first-order chi connectivity index (χ1) is 9.66. The first-order valence-electron chi connectivity index (χ1n) is 7.24. The van der Waals surface area contributed by atoms with E-state index < -0.39 is 11.5 Å². The van der Waals surface area contributed by atoms with E-state index in [0.717, 1.165) is 19.3 Å². The number of carbonyl (C=O) groups is 1. The van der Waals surface area contributed by atoms with Gasteiger partial charge in [-0.05, 0) is 38.3 Å². The minimum atomic E-state index is -0.788. The van der Waals surface area contributed by atoms with Crippen molar-refractivity contribution in [2.24, 2.45) is 0 Å². The van der Waals surface area contributed by atoms with E-state index in [9.17, 15) is 9.90 Å². The molecule has 4 nitrogen and oxygen atoms in total. The lowest BCUT2D eigenvalue weighted by Crippen LogP contribution is -2.48. The van der Waals surface area contributed by atoms with Gasteiger partial charge in [-0.1, -0.05) is 30.3 Å². The van der Waals surface area contributed by atoms with Crippen molar-refractivity contribution in [3.8, 4) is 0 Å². The van der Waals surface area contributed by atoms with Crippen molar-refractivity contribution in [2.45, 2.75) is 43.7 Å². The lowest BCUT2D eigenvalue weighted by Gasteiger charge is -2.23. The zero-order chi connectivity index (χ0) is 14.4. The van der Waals surface area contributed by atoms with Crippen molar-refractivity contribution in [1.82, 2.24) is 5.32 Å². The number of rotatable bonds is 7. The van der Waals surface area contributed by atoms with Crippen molar-refractivity contribution < 1.29 is 14.6 Å². The molecule has 0 saturated heterocycles. The fourth-order valence-corrected chi connectivity index (χ4v) is 2.84. The first kappa shape index (κ1) is 15.0. The van der Waals surface area contributed by atoms with Crippen LogP contribution in [0.15, 0.2) is 30.3 Å². The molecule has 0 bridgehead atoms. The monoisotopic (exact) mass is 277 g/mol. The van der Waals surface area contributed by atoms with Crippen LogP contribution in [0.25, 0.3) is 0 Å². The highest BCUT2D eigenvalue weighted by atomic mass is 16.5. The average Bonchev–Trinajstić information content (AvgIpc) is 2.90. The molecule has 2 unspecified atom stereocenters. The van der Waals surface area contributed by atoms with Gasteiger partial charge in [0.05, 0.1) is 6.10 Å². The molecule has 1 aromatic rings. The van der Waals surface area contributed by atoms with Gasteiger partial charge in [0.2, 0.25) is 0 Å². The van der Waals surface area contributed by atoms with Crippen LogP contribution in [0, 0.1) is 0 Å². The molecule has 20 heavy (non-hydrogen) atoms. The van der Waals surface area contributed by atoms with E-state index >= 15 is 0 Å². The maximum Gasteiger partial charge on any atom is 0.323 e. The van der Waals surface area contributed by atoms with Crippen LogP contribution >= 0.6 is 0 Å². The van der Waals surface area contributed by atoms with Gasteiger partial charge in [0, 0.05) is 13.0 Å². The number of benzene rings is 1. The third kappa shape index (κ3) is 3.58. The van der Waals surface area contributed by atoms with Crippen molar-refractivity contribution in [1.29, 1.82) is 0 Å². The van der Waals surface area contributed by atoms with Gasteiger partial charge in [0.25, 0.3) is 0 Å². The molecule has 0 heterocycles. The molecule has 2 rings (SSSR count). The SMILES string of the molecule is CNC1(C(=O)O)CCC(OCCCc2ccccc2)C1. The van der Waals surface area contributed by atoms with Crippen LogP contribution in [0.5, 0.6) is 0 Å². The number of ether oxygens (including phenoxy) is 1. The first-order valence-corrected chi connectivity index (χ1v) is 7.24. The number of nitrogens with one attached hydrogen (secondary N) is 1.